The SMILES string of the molecule is CC(=O)CCCC(O)CC(=O)O. The van der Waals surface area contributed by atoms with E-state index >= 15 is 0 Å². The van der Waals surface area contributed by atoms with E-state index in [2.05, 4.69) is 0 Å². The Labute approximate surface area is 71.2 Å². The predicted octanol–water partition coefficient (Wildman–Crippen LogP) is 0.581. The van der Waals surface area contributed by atoms with Gasteiger partial charge in [0.25, 0.3) is 0 Å². The number of carbonyl (C=O) groups is 2. The van der Waals surface area contributed by atoms with Crippen LogP contribution in [0.5, 0.6) is 0 Å². The van der Waals surface area contributed by atoms with Gasteiger partial charge in [0.1, 0.15) is 5.78 Å². The molecule has 4 heteroatoms. The van der Waals surface area contributed by atoms with Crippen LogP contribution >= 0.6 is 0 Å². The van der Waals surface area contributed by atoms with Gasteiger partial charge < -0.3 is 15.0 Å². The number of hydrogen-bond donors (Lipinski definition) is 2. The molecular weight excluding hydrogens is 160 g/mol. The van der Waals surface area contributed by atoms with E-state index < -0.39 is 12.1 Å². The van der Waals surface area contributed by atoms with E-state index in [1.54, 1.807) is 0 Å². The van der Waals surface area contributed by atoms with Crippen molar-refractivity contribution >= 4 is 11.8 Å². The Hall–Kier alpha value is -0.900. The quantitative estimate of drug-likeness (QED) is 0.617. The minimum atomic E-state index is -1.01. The van der Waals surface area contributed by atoms with Gasteiger partial charge in [-0.1, -0.05) is 0 Å². The number of ketones is 1. The highest BCUT2D eigenvalue weighted by Gasteiger charge is 2.08. The van der Waals surface area contributed by atoms with E-state index in [4.69, 9.17) is 10.2 Å². The number of aliphatic hydroxyl groups is 1. The van der Waals surface area contributed by atoms with Crippen LogP contribution in [-0.2, 0) is 9.59 Å². The number of carboxylic acids is 1. The molecule has 0 amide bonds. The molecule has 0 aliphatic heterocycles. The monoisotopic (exact) mass is 174 g/mol. The molecule has 1 atom stereocenters. The molecule has 0 bridgehead atoms. The van der Waals surface area contributed by atoms with Gasteiger partial charge in [-0.2, -0.15) is 0 Å². The lowest BCUT2D eigenvalue weighted by atomic mass is 10.1. The molecule has 0 radical (unpaired) electrons. The minimum absolute atomic E-state index is 0.0672. The van der Waals surface area contributed by atoms with Crippen molar-refractivity contribution in [2.24, 2.45) is 0 Å². The van der Waals surface area contributed by atoms with Crippen molar-refractivity contribution in [3.8, 4) is 0 Å². The first-order chi connectivity index (χ1) is 5.52. The van der Waals surface area contributed by atoms with Crippen LogP contribution in [0.3, 0.4) is 0 Å². The minimum Gasteiger partial charge on any atom is -0.481 e. The fourth-order valence-corrected chi connectivity index (χ4v) is 0.890. The van der Waals surface area contributed by atoms with E-state index in [0.29, 0.717) is 19.3 Å². The number of Topliss-reactive ketones (excluding diaryl/α,β-unsaturated/α-hetero) is 1. The number of rotatable bonds is 6. The van der Waals surface area contributed by atoms with Gasteiger partial charge in [-0.05, 0) is 19.8 Å². The topological polar surface area (TPSA) is 74.6 Å². The number of aliphatic hydroxyl groups excluding tert-OH is 1. The van der Waals surface area contributed by atoms with Crippen molar-refractivity contribution in [1.29, 1.82) is 0 Å². The third kappa shape index (κ3) is 7.21. The molecule has 4 nitrogen and oxygen atoms in total. The molecule has 1 unspecified atom stereocenters. The number of aliphatic carboxylic acids is 1. The van der Waals surface area contributed by atoms with Gasteiger partial charge >= 0.3 is 5.97 Å². The normalized spacial score (nSPS) is 12.5. The summed E-state index contributed by atoms with van der Waals surface area (Å²) in [4.78, 5) is 20.5. The molecule has 0 aromatic rings. The molecule has 0 aliphatic rings. The summed E-state index contributed by atoms with van der Waals surface area (Å²) < 4.78 is 0. The second kappa shape index (κ2) is 5.71. The van der Waals surface area contributed by atoms with E-state index in [-0.39, 0.29) is 12.2 Å². The molecule has 0 fully saturated rings. The second-order valence-electron chi connectivity index (χ2n) is 2.85. The third-order valence-electron chi connectivity index (χ3n) is 1.48. The van der Waals surface area contributed by atoms with Gasteiger partial charge in [0.05, 0.1) is 12.5 Å². The molecule has 0 aliphatic carbocycles. The molecule has 70 valence electrons. The van der Waals surface area contributed by atoms with E-state index in [0.717, 1.165) is 0 Å². The van der Waals surface area contributed by atoms with Crippen molar-refractivity contribution in [1.82, 2.24) is 0 Å². The summed E-state index contributed by atoms with van der Waals surface area (Å²) in [6, 6.07) is 0. The molecule has 2 N–H and O–H groups in total. The van der Waals surface area contributed by atoms with Gasteiger partial charge in [-0.3, -0.25) is 4.79 Å². The highest BCUT2D eigenvalue weighted by Crippen LogP contribution is 2.04. The first-order valence-corrected chi connectivity index (χ1v) is 3.91. The first-order valence-electron chi connectivity index (χ1n) is 3.91. The lowest BCUT2D eigenvalue weighted by Crippen LogP contribution is -2.12. The maximum Gasteiger partial charge on any atom is 0.305 e. The average molecular weight is 174 g/mol. The molecular formula is C8H14O4. The van der Waals surface area contributed by atoms with Crippen molar-refractivity contribution in [3.05, 3.63) is 0 Å². The van der Waals surface area contributed by atoms with Gasteiger partial charge in [0.15, 0.2) is 0 Å². The molecule has 0 heterocycles. The summed E-state index contributed by atoms with van der Waals surface area (Å²) in [7, 11) is 0. The molecule has 0 aromatic heterocycles. The Morgan fingerprint density at radius 1 is 1.42 bits per heavy atom. The Morgan fingerprint density at radius 2 is 2.00 bits per heavy atom. The predicted molar refractivity (Wildman–Crippen MR) is 42.8 cm³/mol. The van der Waals surface area contributed by atoms with Crippen LogP contribution < -0.4 is 0 Å². The fraction of sp³-hybridized carbons (Fsp3) is 0.750. The maximum atomic E-state index is 10.4. The molecule has 0 saturated heterocycles. The van der Waals surface area contributed by atoms with Crippen LogP contribution in [0.15, 0.2) is 0 Å². The first kappa shape index (κ1) is 11.1. The van der Waals surface area contributed by atoms with Crippen molar-refractivity contribution in [2.45, 2.75) is 38.7 Å². The van der Waals surface area contributed by atoms with Crippen molar-refractivity contribution in [2.75, 3.05) is 0 Å². The summed E-state index contributed by atoms with van der Waals surface area (Å²) in [5.74, 6) is -0.942. The Balaban J connectivity index is 3.37. The van der Waals surface area contributed by atoms with E-state index in [1.807, 2.05) is 0 Å². The Kier molecular flexibility index (Phi) is 5.28. The number of carboxylic acid groups (broad SMARTS) is 1. The smallest absolute Gasteiger partial charge is 0.305 e. The lowest BCUT2D eigenvalue weighted by Gasteiger charge is -2.05. The van der Waals surface area contributed by atoms with Crippen LogP contribution in [0, 0.1) is 0 Å². The summed E-state index contributed by atoms with van der Waals surface area (Å²) in [5, 5.41) is 17.3. The van der Waals surface area contributed by atoms with Crippen LogP contribution in [0.4, 0.5) is 0 Å². The largest absolute Gasteiger partial charge is 0.481 e. The zero-order chi connectivity index (χ0) is 9.56. The molecule has 0 rings (SSSR count). The van der Waals surface area contributed by atoms with Crippen molar-refractivity contribution < 1.29 is 19.8 Å². The van der Waals surface area contributed by atoms with Crippen LogP contribution in [-0.4, -0.2) is 28.1 Å². The molecule has 12 heavy (non-hydrogen) atoms. The average Bonchev–Trinajstić information content (AvgIpc) is 1.84. The van der Waals surface area contributed by atoms with Crippen LogP contribution in [0.2, 0.25) is 0 Å². The molecule has 0 aromatic carbocycles. The van der Waals surface area contributed by atoms with Gasteiger partial charge in [-0.15, -0.1) is 0 Å². The van der Waals surface area contributed by atoms with Crippen LogP contribution in [0.1, 0.15) is 32.6 Å². The highest BCUT2D eigenvalue weighted by molar-refractivity contribution is 5.75. The summed E-state index contributed by atoms with van der Waals surface area (Å²) in [5.41, 5.74) is 0. The molecule has 0 saturated carbocycles. The highest BCUT2D eigenvalue weighted by atomic mass is 16.4. The Bertz CT molecular complexity index is 164. The number of hydrogen-bond acceptors (Lipinski definition) is 3. The van der Waals surface area contributed by atoms with Gasteiger partial charge in [0.2, 0.25) is 0 Å². The standard InChI is InChI=1S/C8H14O4/c1-6(9)3-2-4-7(10)5-8(11)12/h7,10H,2-5H2,1H3,(H,11,12). The summed E-state index contributed by atoms with van der Waals surface area (Å²) in [6.45, 7) is 1.48. The van der Waals surface area contributed by atoms with E-state index in [1.165, 1.54) is 6.92 Å². The third-order valence-corrected chi connectivity index (χ3v) is 1.48. The van der Waals surface area contributed by atoms with Gasteiger partial charge in [0, 0.05) is 6.42 Å². The fourth-order valence-electron chi connectivity index (χ4n) is 0.890. The lowest BCUT2D eigenvalue weighted by molar-refractivity contribution is -0.139. The van der Waals surface area contributed by atoms with Crippen LogP contribution in [0.25, 0.3) is 0 Å². The zero-order valence-electron chi connectivity index (χ0n) is 7.12. The van der Waals surface area contributed by atoms with Crippen molar-refractivity contribution in [3.63, 3.8) is 0 Å². The Morgan fingerprint density at radius 3 is 2.42 bits per heavy atom. The summed E-state index contributed by atoms with van der Waals surface area (Å²) in [6.07, 6.45) is 0.298. The zero-order valence-corrected chi connectivity index (χ0v) is 7.12. The van der Waals surface area contributed by atoms with Gasteiger partial charge in [-0.25, -0.2) is 0 Å². The number of carbonyl (C=O) groups excluding carboxylic acids is 1. The second-order valence-corrected chi connectivity index (χ2v) is 2.85. The summed E-state index contributed by atoms with van der Waals surface area (Å²) >= 11 is 0. The molecule has 0 spiro atoms. The van der Waals surface area contributed by atoms with E-state index in [9.17, 15) is 9.59 Å². The maximum absolute atomic E-state index is 10.4.